The Balaban J connectivity index is 2.52. The van der Waals surface area contributed by atoms with Crippen LogP contribution in [0.1, 0.15) is 0 Å². The minimum absolute atomic E-state index is 0.0973. The first kappa shape index (κ1) is 9.06. The highest BCUT2D eigenvalue weighted by molar-refractivity contribution is 5.69. The molecule has 2 heterocycles. The third-order valence-electron chi connectivity index (χ3n) is 1.59. The van der Waals surface area contributed by atoms with Gasteiger partial charge in [-0.25, -0.2) is 9.97 Å². The number of nitrogens with zero attached hydrogens (tertiary/aromatic N) is 3. The highest BCUT2D eigenvalue weighted by Gasteiger charge is 2.03. The van der Waals surface area contributed by atoms with E-state index in [-0.39, 0.29) is 17.1 Å². The van der Waals surface area contributed by atoms with E-state index in [4.69, 9.17) is 0 Å². The molecule has 0 unspecified atom stereocenters. The predicted octanol–water partition coefficient (Wildman–Crippen LogP) is -1.21. The van der Waals surface area contributed by atoms with Crippen LogP contribution in [0.25, 0.3) is 11.2 Å². The highest BCUT2D eigenvalue weighted by atomic mass is 16.1. The van der Waals surface area contributed by atoms with E-state index in [0.717, 1.165) is 0 Å². The molecular weight excluding hydrogens is 200 g/mol. The molecule has 0 aliphatic carbocycles. The SMILES string of the molecule is O=CNNc1nc2nccnc2c(=O)[nH]1. The molecule has 3 N–H and O–H groups in total. The fraction of sp³-hybridized carbons (Fsp3) is 0. The Labute approximate surface area is 82.7 Å². The van der Waals surface area contributed by atoms with Gasteiger partial charge < -0.3 is 0 Å². The Morgan fingerprint density at radius 1 is 1.33 bits per heavy atom. The number of carbonyl (C=O) groups is 1. The number of hydrogen-bond acceptors (Lipinski definition) is 6. The monoisotopic (exact) mass is 206 g/mol. The Kier molecular flexibility index (Phi) is 2.23. The van der Waals surface area contributed by atoms with Crippen LogP contribution in [0.5, 0.6) is 0 Å². The summed E-state index contributed by atoms with van der Waals surface area (Å²) in [6.07, 6.45) is 3.24. The fourth-order valence-corrected chi connectivity index (χ4v) is 1.03. The van der Waals surface area contributed by atoms with Gasteiger partial charge in [0.25, 0.3) is 5.56 Å². The van der Waals surface area contributed by atoms with Crippen molar-refractivity contribution in [2.75, 3.05) is 5.43 Å². The zero-order chi connectivity index (χ0) is 10.7. The van der Waals surface area contributed by atoms with Crippen LogP contribution in [0, 0.1) is 0 Å². The standard InChI is InChI=1S/C7H6N6O2/c14-3-10-13-7-11-5-4(6(15)12-7)8-1-2-9-5/h1-3H,(H,10,14)(H2,9,11,12,13,15). The number of aromatic amines is 1. The Hall–Kier alpha value is -2.51. The number of hydrazine groups is 1. The molecule has 0 bridgehead atoms. The molecule has 0 atom stereocenters. The highest BCUT2D eigenvalue weighted by Crippen LogP contribution is 2.00. The third kappa shape index (κ3) is 1.73. The smallest absolute Gasteiger partial charge is 0.280 e. The number of anilines is 1. The van der Waals surface area contributed by atoms with Crippen molar-refractivity contribution in [2.24, 2.45) is 0 Å². The van der Waals surface area contributed by atoms with Crippen LogP contribution in [0.2, 0.25) is 0 Å². The number of H-pyrrole nitrogens is 1. The van der Waals surface area contributed by atoms with Crippen molar-refractivity contribution in [1.29, 1.82) is 0 Å². The summed E-state index contributed by atoms with van der Waals surface area (Å²) in [4.78, 5) is 35.4. The number of rotatable bonds is 3. The molecule has 2 aromatic heterocycles. The van der Waals surface area contributed by atoms with Crippen LogP contribution >= 0.6 is 0 Å². The van der Waals surface area contributed by atoms with Gasteiger partial charge in [0, 0.05) is 12.4 Å². The Morgan fingerprint density at radius 3 is 2.93 bits per heavy atom. The summed E-state index contributed by atoms with van der Waals surface area (Å²) >= 11 is 0. The summed E-state index contributed by atoms with van der Waals surface area (Å²) in [6.45, 7) is 0. The summed E-state index contributed by atoms with van der Waals surface area (Å²) in [7, 11) is 0. The molecule has 0 aliphatic heterocycles. The summed E-state index contributed by atoms with van der Waals surface area (Å²) in [5, 5.41) is 0. The zero-order valence-corrected chi connectivity index (χ0v) is 7.39. The predicted molar refractivity (Wildman–Crippen MR) is 50.8 cm³/mol. The van der Waals surface area contributed by atoms with Crippen molar-refractivity contribution in [1.82, 2.24) is 25.4 Å². The average Bonchev–Trinajstić information content (AvgIpc) is 2.26. The van der Waals surface area contributed by atoms with Crippen LogP contribution < -0.4 is 16.4 Å². The first-order chi connectivity index (χ1) is 7.31. The van der Waals surface area contributed by atoms with Crippen molar-refractivity contribution in [3.05, 3.63) is 22.7 Å². The number of hydrogen-bond donors (Lipinski definition) is 3. The Morgan fingerprint density at radius 2 is 2.13 bits per heavy atom. The second kappa shape index (κ2) is 3.70. The van der Waals surface area contributed by atoms with Crippen LogP contribution in [0.3, 0.4) is 0 Å². The van der Waals surface area contributed by atoms with E-state index >= 15 is 0 Å². The maximum atomic E-state index is 11.4. The molecule has 0 fully saturated rings. The van der Waals surface area contributed by atoms with Crippen molar-refractivity contribution in [3.63, 3.8) is 0 Å². The summed E-state index contributed by atoms with van der Waals surface area (Å²) in [5.74, 6) is 0.0973. The lowest BCUT2D eigenvalue weighted by molar-refractivity contribution is -0.109. The largest absolute Gasteiger partial charge is 0.289 e. The molecule has 8 heteroatoms. The molecule has 76 valence electrons. The first-order valence-corrected chi connectivity index (χ1v) is 3.97. The van der Waals surface area contributed by atoms with Crippen LogP contribution in [-0.2, 0) is 4.79 Å². The minimum atomic E-state index is -0.428. The van der Waals surface area contributed by atoms with Crippen molar-refractivity contribution in [3.8, 4) is 0 Å². The number of aromatic nitrogens is 4. The minimum Gasteiger partial charge on any atom is -0.289 e. The van der Waals surface area contributed by atoms with Gasteiger partial charge in [0.2, 0.25) is 12.4 Å². The van der Waals surface area contributed by atoms with E-state index in [1.165, 1.54) is 12.4 Å². The molecule has 2 aromatic rings. The van der Waals surface area contributed by atoms with Gasteiger partial charge >= 0.3 is 0 Å². The van der Waals surface area contributed by atoms with Gasteiger partial charge in [0.15, 0.2) is 11.2 Å². The van der Waals surface area contributed by atoms with Gasteiger partial charge in [-0.15, -0.1) is 0 Å². The molecule has 1 amide bonds. The average molecular weight is 206 g/mol. The molecule has 2 rings (SSSR count). The number of nitrogens with one attached hydrogen (secondary N) is 3. The van der Waals surface area contributed by atoms with E-state index in [0.29, 0.717) is 6.41 Å². The molecule has 0 saturated heterocycles. The van der Waals surface area contributed by atoms with Gasteiger partial charge in [-0.05, 0) is 0 Å². The molecular formula is C7H6N6O2. The first-order valence-electron chi connectivity index (χ1n) is 3.97. The van der Waals surface area contributed by atoms with E-state index in [9.17, 15) is 9.59 Å². The molecule has 8 nitrogen and oxygen atoms in total. The van der Waals surface area contributed by atoms with Crippen molar-refractivity contribution >= 4 is 23.5 Å². The molecule has 0 aliphatic rings. The van der Waals surface area contributed by atoms with Crippen LogP contribution in [0.4, 0.5) is 5.95 Å². The van der Waals surface area contributed by atoms with Gasteiger partial charge in [-0.2, -0.15) is 4.98 Å². The van der Waals surface area contributed by atoms with E-state index < -0.39 is 5.56 Å². The van der Waals surface area contributed by atoms with Crippen LogP contribution in [-0.4, -0.2) is 26.3 Å². The zero-order valence-electron chi connectivity index (χ0n) is 7.39. The molecule has 15 heavy (non-hydrogen) atoms. The lowest BCUT2D eigenvalue weighted by atomic mass is 10.5. The maximum Gasteiger partial charge on any atom is 0.280 e. The summed E-state index contributed by atoms with van der Waals surface area (Å²) < 4.78 is 0. The van der Waals surface area contributed by atoms with Crippen molar-refractivity contribution in [2.45, 2.75) is 0 Å². The van der Waals surface area contributed by atoms with E-state index in [1.807, 2.05) is 0 Å². The molecule has 0 spiro atoms. The summed E-state index contributed by atoms with van der Waals surface area (Å²) in [6, 6.07) is 0. The second-order valence-electron chi connectivity index (χ2n) is 2.53. The Bertz CT molecular complexity index is 550. The molecule has 0 aromatic carbocycles. The van der Waals surface area contributed by atoms with E-state index in [1.54, 1.807) is 0 Å². The third-order valence-corrected chi connectivity index (χ3v) is 1.59. The van der Waals surface area contributed by atoms with Gasteiger partial charge in [-0.1, -0.05) is 0 Å². The second-order valence-corrected chi connectivity index (χ2v) is 2.53. The number of fused-ring (bicyclic) bond motifs is 1. The topological polar surface area (TPSA) is 113 Å². The molecule has 0 radical (unpaired) electrons. The molecule has 0 saturated carbocycles. The summed E-state index contributed by atoms with van der Waals surface area (Å²) in [5.41, 5.74) is 4.44. The van der Waals surface area contributed by atoms with Gasteiger partial charge in [0.1, 0.15) is 0 Å². The van der Waals surface area contributed by atoms with Crippen LogP contribution in [0.15, 0.2) is 17.2 Å². The normalized spacial score (nSPS) is 9.87. The fourth-order valence-electron chi connectivity index (χ4n) is 1.03. The lowest BCUT2D eigenvalue weighted by Gasteiger charge is -2.02. The van der Waals surface area contributed by atoms with Gasteiger partial charge in [-0.3, -0.25) is 25.4 Å². The number of amides is 1. The quantitative estimate of drug-likeness (QED) is 0.429. The lowest BCUT2D eigenvalue weighted by Crippen LogP contribution is -2.23. The van der Waals surface area contributed by atoms with Crippen molar-refractivity contribution < 1.29 is 4.79 Å². The van der Waals surface area contributed by atoms with E-state index in [2.05, 4.69) is 30.8 Å². The van der Waals surface area contributed by atoms with Gasteiger partial charge in [0.05, 0.1) is 0 Å². The number of carbonyl (C=O) groups excluding carboxylic acids is 1. The maximum absolute atomic E-state index is 11.4.